The van der Waals surface area contributed by atoms with Crippen molar-refractivity contribution in [2.75, 3.05) is 0 Å². The van der Waals surface area contributed by atoms with E-state index in [1.54, 1.807) is 6.92 Å². The highest BCUT2D eigenvalue weighted by atomic mass is 32.1. The van der Waals surface area contributed by atoms with Crippen LogP contribution < -0.4 is 5.32 Å². The van der Waals surface area contributed by atoms with E-state index in [0.717, 1.165) is 11.5 Å². The number of nitrogens with one attached hydrogen (secondary N) is 1. The van der Waals surface area contributed by atoms with E-state index < -0.39 is 0 Å². The predicted octanol–water partition coefficient (Wildman–Crippen LogP) is 0.985. The summed E-state index contributed by atoms with van der Waals surface area (Å²) in [4.78, 5) is 12.0. The molecular formula is C7H11N3OS. The van der Waals surface area contributed by atoms with Gasteiger partial charge in [-0.25, -0.2) is 0 Å². The molecule has 0 spiro atoms. The molecule has 0 saturated carbocycles. The minimum atomic E-state index is -0.0856. The zero-order valence-electron chi connectivity index (χ0n) is 7.29. The van der Waals surface area contributed by atoms with Gasteiger partial charge < -0.3 is 5.32 Å². The van der Waals surface area contributed by atoms with E-state index >= 15 is 0 Å². The number of nitrogens with zero attached hydrogens (tertiary/aromatic N) is 2. The molecule has 1 amide bonds. The minimum absolute atomic E-state index is 0.0856. The van der Waals surface area contributed by atoms with E-state index in [2.05, 4.69) is 14.9 Å². The number of hydrogen-bond acceptors (Lipinski definition) is 4. The van der Waals surface area contributed by atoms with E-state index in [1.807, 2.05) is 13.8 Å². The van der Waals surface area contributed by atoms with Gasteiger partial charge in [0.05, 0.1) is 5.69 Å². The smallest absolute Gasteiger partial charge is 0.265 e. The summed E-state index contributed by atoms with van der Waals surface area (Å²) < 4.78 is 3.68. The van der Waals surface area contributed by atoms with Crippen molar-refractivity contribution in [3.05, 3.63) is 10.6 Å². The van der Waals surface area contributed by atoms with Gasteiger partial charge in [0.1, 0.15) is 4.88 Å². The van der Waals surface area contributed by atoms with Crippen LogP contribution in [0.2, 0.25) is 0 Å². The zero-order chi connectivity index (χ0) is 9.14. The van der Waals surface area contributed by atoms with Crippen molar-refractivity contribution in [1.29, 1.82) is 0 Å². The Morgan fingerprint density at radius 3 is 2.67 bits per heavy atom. The fraction of sp³-hybridized carbons (Fsp3) is 0.571. The van der Waals surface area contributed by atoms with Gasteiger partial charge in [-0.3, -0.25) is 4.79 Å². The molecule has 0 radical (unpaired) electrons. The van der Waals surface area contributed by atoms with Crippen LogP contribution in [0.1, 0.15) is 29.2 Å². The number of aryl methyl sites for hydroxylation is 1. The van der Waals surface area contributed by atoms with Crippen molar-refractivity contribution >= 4 is 17.4 Å². The van der Waals surface area contributed by atoms with Gasteiger partial charge in [0.15, 0.2) is 0 Å². The first-order chi connectivity index (χ1) is 5.61. The average molecular weight is 185 g/mol. The Labute approximate surface area is 75.2 Å². The van der Waals surface area contributed by atoms with Gasteiger partial charge in [-0.15, -0.1) is 5.10 Å². The Morgan fingerprint density at radius 2 is 2.25 bits per heavy atom. The maximum absolute atomic E-state index is 11.4. The predicted molar refractivity (Wildman–Crippen MR) is 47.2 cm³/mol. The molecule has 0 bridgehead atoms. The van der Waals surface area contributed by atoms with Crippen molar-refractivity contribution in [3.63, 3.8) is 0 Å². The van der Waals surface area contributed by atoms with Crippen LogP contribution in [0.25, 0.3) is 0 Å². The Balaban J connectivity index is 2.72. The quantitative estimate of drug-likeness (QED) is 0.747. The highest BCUT2D eigenvalue weighted by molar-refractivity contribution is 7.07. The molecule has 0 saturated heterocycles. The van der Waals surface area contributed by atoms with Crippen molar-refractivity contribution in [1.82, 2.24) is 14.9 Å². The van der Waals surface area contributed by atoms with Gasteiger partial charge in [-0.05, 0) is 32.3 Å². The number of aromatic nitrogens is 2. The Morgan fingerprint density at radius 1 is 1.58 bits per heavy atom. The molecular weight excluding hydrogens is 174 g/mol. The molecule has 0 aliphatic rings. The first kappa shape index (κ1) is 9.12. The first-order valence-electron chi connectivity index (χ1n) is 3.71. The molecule has 1 aromatic heterocycles. The highest BCUT2D eigenvalue weighted by Gasteiger charge is 2.12. The monoisotopic (exact) mass is 185 g/mol. The zero-order valence-corrected chi connectivity index (χ0v) is 8.10. The molecule has 1 heterocycles. The van der Waals surface area contributed by atoms with E-state index in [9.17, 15) is 4.79 Å². The molecule has 0 aliphatic heterocycles. The topological polar surface area (TPSA) is 54.9 Å². The minimum Gasteiger partial charge on any atom is -0.349 e. The van der Waals surface area contributed by atoms with Gasteiger partial charge in [0.25, 0.3) is 5.91 Å². The van der Waals surface area contributed by atoms with Crippen LogP contribution in [0.4, 0.5) is 0 Å². The summed E-state index contributed by atoms with van der Waals surface area (Å²) in [5.41, 5.74) is 0.693. The van der Waals surface area contributed by atoms with Crippen LogP contribution in [-0.2, 0) is 0 Å². The summed E-state index contributed by atoms with van der Waals surface area (Å²) in [5.74, 6) is -0.0856. The molecule has 4 nitrogen and oxygen atoms in total. The maximum Gasteiger partial charge on any atom is 0.265 e. The van der Waals surface area contributed by atoms with E-state index in [-0.39, 0.29) is 11.9 Å². The average Bonchev–Trinajstić information content (AvgIpc) is 2.33. The van der Waals surface area contributed by atoms with Gasteiger partial charge in [-0.1, -0.05) is 4.49 Å². The molecule has 0 unspecified atom stereocenters. The third kappa shape index (κ3) is 2.01. The van der Waals surface area contributed by atoms with Crippen LogP contribution in [0.15, 0.2) is 0 Å². The van der Waals surface area contributed by atoms with E-state index in [0.29, 0.717) is 10.6 Å². The summed E-state index contributed by atoms with van der Waals surface area (Å²) in [6.45, 7) is 5.61. The standard InChI is InChI=1S/C7H11N3OS/c1-4(2)8-7(11)6-5(3)9-10-12-6/h4H,1-3H3,(H,8,11). The van der Waals surface area contributed by atoms with Crippen LogP contribution in [0.5, 0.6) is 0 Å². The van der Waals surface area contributed by atoms with Crippen molar-refractivity contribution in [2.24, 2.45) is 0 Å². The first-order valence-corrected chi connectivity index (χ1v) is 4.48. The molecule has 1 N–H and O–H groups in total. The van der Waals surface area contributed by atoms with Crippen LogP contribution in [0.3, 0.4) is 0 Å². The summed E-state index contributed by atoms with van der Waals surface area (Å²) >= 11 is 1.13. The van der Waals surface area contributed by atoms with Gasteiger partial charge >= 0.3 is 0 Å². The highest BCUT2D eigenvalue weighted by Crippen LogP contribution is 2.08. The fourth-order valence-corrected chi connectivity index (χ4v) is 1.33. The number of carbonyl (C=O) groups is 1. The van der Waals surface area contributed by atoms with Gasteiger partial charge in [-0.2, -0.15) is 0 Å². The molecule has 0 fully saturated rings. The summed E-state index contributed by atoms with van der Waals surface area (Å²) in [6.07, 6.45) is 0. The summed E-state index contributed by atoms with van der Waals surface area (Å²) in [6, 6.07) is 0.152. The number of amides is 1. The number of rotatable bonds is 2. The van der Waals surface area contributed by atoms with Crippen molar-refractivity contribution in [3.8, 4) is 0 Å². The molecule has 5 heteroatoms. The molecule has 1 aromatic rings. The summed E-state index contributed by atoms with van der Waals surface area (Å²) in [7, 11) is 0. The molecule has 1 rings (SSSR count). The third-order valence-electron chi connectivity index (χ3n) is 1.28. The SMILES string of the molecule is Cc1nnsc1C(=O)NC(C)C. The normalized spacial score (nSPS) is 10.3. The van der Waals surface area contributed by atoms with Gasteiger partial charge in [0, 0.05) is 6.04 Å². The number of hydrogen-bond donors (Lipinski definition) is 1. The summed E-state index contributed by atoms with van der Waals surface area (Å²) in [5, 5.41) is 6.53. The largest absolute Gasteiger partial charge is 0.349 e. The molecule has 66 valence electrons. The maximum atomic E-state index is 11.4. The Hall–Kier alpha value is -0.970. The lowest BCUT2D eigenvalue weighted by Gasteiger charge is -2.05. The third-order valence-corrected chi connectivity index (χ3v) is 2.10. The number of carbonyl (C=O) groups excluding carboxylic acids is 1. The van der Waals surface area contributed by atoms with Crippen LogP contribution in [0, 0.1) is 6.92 Å². The molecule has 0 aliphatic carbocycles. The van der Waals surface area contributed by atoms with E-state index in [4.69, 9.17) is 0 Å². The van der Waals surface area contributed by atoms with Crippen molar-refractivity contribution in [2.45, 2.75) is 26.8 Å². The fourth-order valence-electron chi connectivity index (χ4n) is 0.767. The lowest BCUT2D eigenvalue weighted by atomic mass is 10.3. The lowest BCUT2D eigenvalue weighted by molar-refractivity contribution is 0.0946. The molecule has 0 aromatic carbocycles. The Bertz CT molecular complexity index is 282. The van der Waals surface area contributed by atoms with Gasteiger partial charge in [0.2, 0.25) is 0 Å². The lowest BCUT2D eigenvalue weighted by Crippen LogP contribution is -2.29. The second-order valence-corrected chi connectivity index (χ2v) is 3.57. The van der Waals surface area contributed by atoms with Crippen molar-refractivity contribution < 1.29 is 4.79 Å². The molecule has 0 atom stereocenters. The molecule has 12 heavy (non-hydrogen) atoms. The van der Waals surface area contributed by atoms with Crippen LogP contribution in [-0.4, -0.2) is 21.5 Å². The second-order valence-electron chi connectivity index (χ2n) is 2.82. The van der Waals surface area contributed by atoms with E-state index in [1.165, 1.54) is 0 Å². The second kappa shape index (κ2) is 3.62. The van der Waals surface area contributed by atoms with Crippen LogP contribution >= 0.6 is 11.5 Å². The Kier molecular flexibility index (Phi) is 2.75.